The first kappa shape index (κ1) is 46.4. The van der Waals surface area contributed by atoms with Crippen LogP contribution in [0.2, 0.25) is 0 Å². The Hall–Kier alpha value is -6.03. The van der Waals surface area contributed by atoms with Gasteiger partial charge in [0.05, 0.1) is 39.3 Å². The van der Waals surface area contributed by atoms with E-state index in [4.69, 9.17) is 19.9 Å². The molecule has 0 radical (unpaired) electrons. The highest BCUT2D eigenvalue weighted by Crippen LogP contribution is 2.29. The molecule has 0 fully saturated rings. The Morgan fingerprint density at radius 1 is 0.672 bits per heavy atom. The van der Waals surface area contributed by atoms with E-state index >= 15 is 0 Å². The number of hydrogen-bond acceptors (Lipinski definition) is 10. The predicted molar refractivity (Wildman–Crippen MR) is 213 cm³/mol. The molecule has 3 aromatic rings. The lowest BCUT2D eigenvalue weighted by atomic mass is 9.89. The number of nitrogens with two attached hydrogens (primary N) is 1. The number of likely N-dealkylation sites (N-methyl/N-ethyl adjacent to an activating group) is 2. The predicted octanol–water partition coefficient (Wildman–Crippen LogP) is 2.55. The van der Waals surface area contributed by atoms with Gasteiger partial charge in [-0.2, -0.15) is 0 Å². The van der Waals surface area contributed by atoms with E-state index in [0.717, 1.165) is 11.0 Å². The van der Waals surface area contributed by atoms with E-state index in [9.17, 15) is 38.3 Å². The van der Waals surface area contributed by atoms with Crippen molar-refractivity contribution in [1.82, 2.24) is 20.4 Å². The summed E-state index contributed by atoms with van der Waals surface area (Å²) < 4.78 is 30.4. The van der Waals surface area contributed by atoms with Crippen LogP contribution in [0.1, 0.15) is 43.9 Å². The number of ketones is 1. The molecule has 4 amide bonds. The average molecular weight is 808 g/mol. The van der Waals surface area contributed by atoms with Crippen LogP contribution in [-0.4, -0.2) is 116 Å². The molecule has 5 N–H and O–H groups in total. The molecule has 0 saturated carbocycles. The number of rotatable bonds is 21. The van der Waals surface area contributed by atoms with Crippen molar-refractivity contribution in [3.63, 3.8) is 0 Å². The van der Waals surface area contributed by atoms with Gasteiger partial charge in [-0.3, -0.25) is 28.8 Å². The van der Waals surface area contributed by atoms with E-state index < -0.39 is 83.7 Å². The molecule has 0 unspecified atom stereocenters. The molecule has 16 heteroatoms. The van der Waals surface area contributed by atoms with E-state index in [-0.39, 0.29) is 25.0 Å². The Kier molecular flexibility index (Phi) is 17.2. The van der Waals surface area contributed by atoms with Gasteiger partial charge in [0.2, 0.25) is 23.6 Å². The number of amides is 4. The minimum absolute atomic E-state index is 0.0110. The number of halogens is 1. The number of carbonyl (C=O) groups excluding carboxylic acids is 5. The molecule has 15 nitrogen and oxygen atoms in total. The number of methoxy groups -OCH3 is 3. The van der Waals surface area contributed by atoms with E-state index in [0.29, 0.717) is 28.2 Å². The molecule has 6 atom stereocenters. The number of Topliss-reactive ketones (excluding diaryl/α,β-unsaturated/α-hetero) is 1. The molecule has 0 aliphatic rings. The minimum atomic E-state index is -1.30. The quantitative estimate of drug-likeness (QED) is 0.123. The van der Waals surface area contributed by atoms with Crippen molar-refractivity contribution in [3.8, 4) is 17.2 Å². The van der Waals surface area contributed by atoms with Gasteiger partial charge < -0.3 is 45.5 Å². The number of hydrogen-bond donors (Lipinski definition) is 4. The molecule has 0 bridgehead atoms. The molecule has 0 heterocycles. The molecule has 0 spiro atoms. The number of ether oxygens (including phenoxy) is 3. The first-order valence-electron chi connectivity index (χ1n) is 18.6. The van der Waals surface area contributed by atoms with Crippen LogP contribution in [0.5, 0.6) is 17.2 Å². The Bertz CT molecular complexity index is 1930. The number of nitrogens with one attached hydrogen (secondary N) is 2. The highest BCUT2D eigenvalue weighted by molar-refractivity contribution is 5.96. The van der Waals surface area contributed by atoms with Crippen molar-refractivity contribution in [2.75, 3.05) is 35.4 Å². The Morgan fingerprint density at radius 3 is 1.69 bits per heavy atom. The highest BCUT2D eigenvalue weighted by Gasteiger charge is 2.36. The van der Waals surface area contributed by atoms with E-state index in [1.807, 2.05) is 0 Å². The molecule has 0 aliphatic heterocycles. The van der Waals surface area contributed by atoms with E-state index in [1.54, 1.807) is 48.5 Å². The summed E-state index contributed by atoms with van der Waals surface area (Å²) in [5, 5.41) is 15.3. The van der Waals surface area contributed by atoms with Gasteiger partial charge in [-0.15, -0.1) is 0 Å². The van der Waals surface area contributed by atoms with E-state index in [2.05, 4.69) is 10.6 Å². The molecular weight excluding hydrogens is 753 g/mol. The average Bonchev–Trinajstić information content (AvgIpc) is 3.20. The number of carboxylic acid groups (broad SMARTS) is 1. The Labute approximate surface area is 338 Å². The molecule has 3 rings (SSSR count). The van der Waals surface area contributed by atoms with Crippen LogP contribution >= 0.6 is 0 Å². The summed E-state index contributed by atoms with van der Waals surface area (Å²) in [6.45, 7) is 4.28. The summed E-state index contributed by atoms with van der Waals surface area (Å²) in [6, 6.07) is 12.2. The zero-order valence-electron chi connectivity index (χ0n) is 34.1. The van der Waals surface area contributed by atoms with Gasteiger partial charge in [0.15, 0.2) is 28.8 Å². The SMILES string of the molecule is COc1ccc(C[C@@H](C(=O)N[C@@H](C)C(=O)N(C)[C@@H](Cc2ccccc2)C(=O)C[C@@H](Cc2ccc(OC)c(OC)c2)C(=O)O)N(C)C(=O)[C@H](C)NC(=O)[C@@H](C)N)cc1F. The second-order valence-electron chi connectivity index (χ2n) is 14.1. The lowest BCUT2D eigenvalue weighted by Gasteiger charge is -2.33. The summed E-state index contributed by atoms with van der Waals surface area (Å²) in [5.41, 5.74) is 7.28. The van der Waals surface area contributed by atoms with Crippen LogP contribution < -0.4 is 30.6 Å². The third-order valence-electron chi connectivity index (χ3n) is 9.82. The van der Waals surface area contributed by atoms with Crippen LogP contribution in [0.25, 0.3) is 0 Å². The molecule has 0 saturated heterocycles. The van der Waals surface area contributed by atoms with Gasteiger partial charge in [-0.1, -0.05) is 42.5 Å². The topological polar surface area (TPSA) is 207 Å². The van der Waals surface area contributed by atoms with E-state index in [1.165, 1.54) is 73.2 Å². The number of nitrogens with zero attached hydrogens (tertiary/aromatic N) is 2. The third-order valence-corrected chi connectivity index (χ3v) is 9.82. The second kappa shape index (κ2) is 21.5. The van der Waals surface area contributed by atoms with Crippen LogP contribution in [0, 0.1) is 11.7 Å². The third kappa shape index (κ3) is 12.5. The van der Waals surface area contributed by atoms with Crippen LogP contribution in [-0.2, 0) is 48.0 Å². The summed E-state index contributed by atoms with van der Waals surface area (Å²) in [7, 11) is 6.98. The zero-order chi connectivity index (χ0) is 43.3. The second-order valence-corrected chi connectivity index (χ2v) is 14.1. The van der Waals surface area contributed by atoms with Gasteiger partial charge in [0, 0.05) is 26.9 Å². The fourth-order valence-electron chi connectivity index (χ4n) is 6.38. The fourth-order valence-corrected chi connectivity index (χ4v) is 6.38. The molecule has 0 aromatic heterocycles. The number of carboxylic acids is 1. The van der Waals surface area contributed by atoms with Crippen molar-refractivity contribution in [1.29, 1.82) is 0 Å². The number of benzene rings is 3. The summed E-state index contributed by atoms with van der Waals surface area (Å²) in [6.07, 6.45) is -0.557. The molecule has 314 valence electrons. The van der Waals surface area contributed by atoms with Crippen LogP contribution in [0.15, 0.2) is 66.7 Å². The van der Waals surface area contributed by atoms with Gasteiger partial charge in [0.25, 0.3) is 0 Å². The van der Waals surface area contributed by atoms with Crippen molar-refractivity contribution in [3.05, 3.63) is 89.2 Å². The maximum Gasteiger partial charge on any atom is 0.307 e. The van der Waals surface area contributed by atoms with Crippen LogP contribution in [0.3, 0.4) is 0 Å². The molecule has 0 aliphatic carbocycles. The molecule has 58 heavy (non-hydrogen) atoms. The van der Waals surface area contributed by atoms with Gasteiger partial charge in [0.1, 0.15) is 18.1 Å². The normalized spacial score (nSPS) is 14.0. The molecule has 3 aromatic carbocycles. The zero-order valence-corrected chi connectivity index (χ0v) is 34.1. The summed E-state index contributed by atoms with van der Waals surface area (Å²) >= 11 is 0. The van der Waals surface area contributed by atoms with Crippen molar-refractivity contribution >= 4 is 35.4 Å². The lowest BCUT2D eigenvalue weighted by molar-refractivity contribution is -0.146. The van der Waals surface area contributed by atoms with Gasteiger partial charge in [-0.05, 0) is 74.6 Å². The fraction of sp³-hybridized carbons (Fsp3) is 0.429. The first-order valence-corrected chi connectivity index (χ1v) is 18.6. The standard InChI is InChI=1S/C42H54FN5O10/c1-24(44)38(50)45-25(2)41(53)48(5)33(21-29-14-16-35(56-6)31(43)19-29)39(51)46-26(3)40(52)47(4)32(20-27-12-10-9-11-13-27)34(49)23-30(42(54)55)18-28-15-17-36(57-7)37(22-28)58-8/h9-17,19,22,24-26,30,32-33H,18,20-21,23,44H2,1-8H3,(H,45,50)(H,46,51)(H,54,55)/t24-,25+,26+,30-,32+,33+/m1/s1. The minimum Gasteiger partial charge on any atom is -0.494 e. The largest absolute Gasteiger partial charge is 0.494 e. The van der Waals surface area contributed by atoms with Gasteiger partial charge in [-0.25, -0.2) is 4.39 Å². The highest BCUT2D eigenvalue weighted by atomic mass is 19.1. The monoisotopic (exact) mass is 807 g/mol. The first-order chi connectivity index (χ1) is 27.4. The van der Waals surface area contributed by atoms with Gasteiger partial charge >= 0.3 is 5.97 Å². The van der Waals surface area contributed by atoms with Crippen LogP contribution in [0.4, 0.5) is 4.39 Å². The molecular formula is C42H54FN5O10. The number of aliphatic carboxylic acids is 1. The maximum absolute atomic E-state index is 14.7. The Morgan fingerprint density at radius 2 is 1.17 bits per heavy atom. The van der Waals surface area contributed by atoms with Crippen molar-refractivity contribution < 1.29 is 52.5 Å². The lowest BCUT2D eigenvalue weighted by Crippen LogP contribution is -2.58. The number of carbonyl (C=O) groups is 6. The smallest absolute Gasteiger partial charge is 0.307 e. The maximum atomic E-state index is 14.7. The summed E-state index contributed by atoms with van der Waals surface area (Å²) in [5.74, 6) is -5.44. The van der Waals surface area contributed by atoms with Crippen molar-refractivity contribution in [2.45, 2.75) is 76.7 Å². The Balaban J connectivity index is 1.89. The summed E-state index contributed by atoms with van der Waals surface area (Å²) in [4.78, 5) is 82.7. The van der Waals surface area contributed by atoms with Crippen molar-refractivity contribution in [2.24, 2.45) is 11.7 Å².